The first-order valence-corrected chi connectivity index (χ1v) is 4.68. The van der Waals surface area contributed by atoms with Crippen LogP contribution in [-0.2, 0) is 6.54 Å². The number of likely N-dealkylation sites (N-methyl/N-ethyl adjacent to an activating group) is 1. The van der Waals surface area contributed by atoms with E-state index in [0.29, 0.717) is 18.7 Å². The Bertz CT molecular complexity index is 301. The average Bonchev–Trinajstić information content (AvgIpc) is 2.12. The molecule has 0 aliphatic carbocycles. The number of nitrogens with zero attached hydrogens (tertiary/aromatic N) is 1. The van der Waals surface area contributed by atoms with Gasteiger partial charge in [-0.15, -0.1) is 0 Å². The second-order valence-electron chi connectivity index (χ2n) is 3.56. The van der Waals surface area contributed by atoms with Crippen molar-refractivity contribution in [2.45, 2.75) is 13.5 Å². The molecule has 2 nitrogen and oxygen atoms in total. The van der Waals surface area contributed by atoms with Crippen molar-refractivity contribution in [1.29, 1.82) is 0 Å². The van der Waals surface area contributed by atoms with Crippen LogP contribution in [0.4, 0.5) is 4.39 Å². The minimum absolute atomic E-state index is 0.101. The Hall–Kier alpha value is -0.930. The van der Waals surface area contributed by atoms with Gasteiger partial charge >= 0.3 is 0 Å². The lowest BCUT2D eigenvalue weighted by molar-refractivity contribution is 0.216. The van der Waals surface area contributed by atoms with Crippen LogP contribution in [0.3, 0.4) is 0 Å². The molecule has 1 aromatic carbocycles. The molecule has 0 atom stereocenters. The maximum atomic E-state index is 13.3. The van der Waals surface area contributed by atoms with Crippen LogP contribution in [0.2, 0.25) is 0 Å². The van der Waals surface area contributed by atoms with Gasteiger partial charge in [0.2, 0.25) is 0 Å². The minimum Gasteiger partial charge on any atom is -0.395 e. The summed E-state index contributed by atoms with van der Waals surface area (Å²) < 4.78 is 13.3. The fourth-order valence-electron chi connectivity index (χ4n) is 1.37. The average molecular weight is 197 g/mol. The molecule has 0 saturated carbocycles. The summed E-state index contributed by atoms with van der Waals surface area (Å²) in [6.45, 7) is 3.14. The molecule has 0 fully saturated rings. The molecular weight excluding hydrogens is 181 g/mol. The Balaban J connectivity index is 2.70. The predicted octanol–water partition coefficient (Wildman–Crippen LogP) is 1.56. The lowest BCUT2D eigenvalue weighted by Gasteiger charge is -2.15. The SMILES string of the molecule is Cc1ccc(F)c(CN(C)CCO)c1. The van der Waals surface area contributed by atoms with Crippen molar-refractivity contribution in [3.8, 4) is 0 Å². The molecule has 1 rings (SSSR count). The fraction of sp³-hybridized carbons (Fsp3) is 0.455. The number of hydrogen-bond acceptors (Lipinski definition) is 2. The van der Waals surface area contributed by atoms with E-state index in [4.69, 9.17) is 5.11 Å². The van der Waals surface area contributed by atoms with E-state index in [1.54, 1.807) is 6.07 Å². The Labute approximate surface area is 84.0 Å². The van der Waals surface area contributed by atoms with E-state index in [-0.39, 0.29) is 12.4 Å². The lowest BCUT2D eigenvalue weighted by Crippen LogP contribution is -2.22. The van der Waals surface area contributed by atoms with E-state index in [1.807, 2.05) is 24.9 Å². The first-order valence-electron chi connectivity index (χ1n) is 4.68. The normalized spacial score (nSPS) is 10.9. The molecule has 0 spiro atoms. The highest BCUT2D eigenvalue weighted by Crippen LogP contribution is 2.11. The van der Waals surface area contributed by atoms with Gasteiger partial charge in [0.05, 0.1) is 6.61 Å². The van der Waals surface area contributed by atoms with Gasteiger partial charge in [-0.25, -0.2) is 4.39 Å². The van der Waals surface area contributed by atoms with Gasteiger partial charge in [-0.1, -0.05) is 17.7 Å². The molecule has 3 heteroatoms. The summed E-state index contributed by atoms with van der Waals surface area (Å²) in [6.07, 6.45) is 0. The standard InChI is InChI=1S/C11H16FNO/c1-9-3-4-11(12)10(7-9)8-13(2)5-6-14/h3-4,7,14H,5-6,8H2,1-2H3. The summed E-state index contributed by atoms with van der Waals surface area (Å²) in [5, 5.41) is 8.70. The van der Waals surface area contributed by atoms with Crippen LogP contribution in [0.15, 0.2) is 18.2 Å². The third-order valence-corrected chi connectivity index (χ3v) is 2.12. The molecule has 14 heavy (non-hydrogen) atoms. The summed E-state index contributed by atoms with van der Waals surface area (Å²) in [7, 11) is 1.86. The van der Waals surface area contributed by atoms with E-state index in [0.717, 1.165) is 5.56 Å². The number of benzene rings is 1. The van der Waals surface area contributed by atoms with E-state index in [9.17, 15) is 4.39 Å². The molecule has 0 aliphatic rings. The van der Waals surface area contributed by atoms with E-state index in [1.165, 1.54) is 6.07 Å². The fourth-order valence-corrected chi connectivity index (χ4v) is 1.37. The number of aryl methyl sites for hydroxylation is 1. The summed E-state index contributed by atoms with van der Waals surface area (Å²) in [4.78, 5) is 1.89. The van der Waals surface area contributed by atoms with Crippen molar-refractivity contribution in [3.05, 3.63) is 35.1 Å². The maximum absolute atomic E-state index is 13.3. The first kappa shape index (κ1) is 11.1. The van der Waals surface area contributed by atoms with Crippen LogP contribution < -0.4 is 0 Å². The molecule has 0 saturated heterocycles. The summed E-state index contributed by atoms with van der Waals surface area (Å²) in [5.41, 5.74) is 1.74. The predicted molar refractivity (Wildman–Crippen MR) is 54.6 cm³/mol. The van der Waals surface area contributed by atoms with Crippen LogP contribution in [0.1, 0.15) is 11.1 Å². The van der Waals surface area contributed by atoms with Crippen molar-refractivity contribution >= 4 is 0 Å². The maximum Gasteiger partial charge on any atom is 0.127 e. The van der Waals surface area contributed by atoms with Crippen molar-refractivity contribution < 1.29 is 9.50 Å². The largest absolute Gasteiger partial charge is 0.395 e. The van der Waals surface area contributed by atoms with Crippen molar-refractivity contribution in [2.24, 2.45) is 0 Å². The Morgan fingerprint density at radius 1 is 1.43 bits per heavy atom. The van der Waals surface area contributed by atoms with Crippen LogP contribution in [0.5, 0.6) is 0 Å². The van der Waals surface area contributed by atoms with Gasteiger partial charge in [-0.05, 0) is 20.0 Å². The number of rotatable bonds is 4. The number of aliphatic hydroxyl groups excluding tert-OH is 1. The van der Waals surface area contributed by atoms with Crippen molar-refractivity contribution in [2.75, 3.05) is 20.2 Å². The third kappa shape index (κ3) is 3.09. The van der Waals surface area contributed by atoms with Crippen LogP contribution in [-0.4, -0.2) is 30.2 Å². The van der Waals surface area contributed by atoms with Gasteiger partial charge in [-0.3, -0.25) is 4.90 Å². The van der Waals surface area contributed by atoms with E-state index < -0.39 is 0 Å². The van der Waals surface area contributed by atoms with Gasteiger partial charge in [-0.2, -0.15) is 0 Å². The van der Waals surface area contributed by atoms with Gasteiger partial charge in [0.15, 0.2) is 0 Å². The van der Waals surface area contributed by atoms with Gasteiger partial charge in [0.25, 0.3) is 0 Å². The zero-order chi connectivity index (χ0) is 10.6. The topological polar surface area (TPSA) is 23.5 Å². The molecule has 0 amide bonds. The molecule has 0 radical (unpaired) electrons. The van der Waals surface area contributed by atoms with Gasteiger partial charge < -0.3 is 5.11 Å². The van der Waals surface area contributed by atoms with E-state index >= 15 is 0 Å². The number of hydrogen-bond donors (Lipinski definition) is 1. The van der Waals surface area contributed by atoms with Crippen molar-refractivity contribution in [1.82, 2.24) is 4.90 Å². The summed E-state index contributed by atoms with van der Waals surface area (Å²) >= 11 is 0. The molecule has 0 heterocycles. The minimum atomic E-state index is -0.180. The van der Waals surface area contributed by atoms with Crippen LogP contribution in [0.25, 0.3) is 0 Å². The Morgan fingerprint density at radius 2 is 2.14 bits per heavy atom. The van der Waals surface area contributed by atoms with E-state index in [2.05, 4.69) is 0 Å². The highest BCUT2D eigenvalue weighted by molar-refractivity contribution is 5.23. The molecular formula is C11H16FNO. The quantitative estimate of drug-likeness (QED) is 0.791. The van der Waals surface area contributed by atoms with Crippen LogP contribution in [0, 0.1) is 12.7 Å². The first-order chi connectivity index (χ1) is 6.63. The van der Waals surface area contributed by atoms with Crippen molar-refractivity contribution in [3.63, 3.8) is 0 Å². The highest BCUT2D eigenvalue weighted by atomic mass is 19.1. The monoisotopic (exact) mass is 197 g/mol. The Morgan fingerprint density at radius 3 is 2.79 bits per heavy atom. The molecule has 0 aliphatic heterocycles. The number of aliphatic hydroxyl groups is 1. The summed E-state index contributed by atoms with van der Waals surface area (Å²) in [6, 6.07) is 5.07. The Kier molecular flexibility index (Phi) is 4.04. The van der Waals surface area contributed by atoms with Crippen LogP contribution >= 0.6 is 0 Å². The van der Waals surface area contributed by atoms with Gasteiger partial charge in [0.1, 0.15) is 5.82 Å². The molecule has 1 aromatic rings. The molecule has 0 unspecified atom stereocenters. The zero-order valence-electron chi connectivity index (χ0n) is 8.63. The second kappa shape index (κ2) is 5.08. The molecule has 78 valence electrons. The highest BCUT2D eigenvalue weighted by Gasteiger charge is 2.05. The zero-order valence-corrected chi connectivity index (χ0v) is 8.63. The molecule has 0 bridgehead atoms. The number of halogens is 1. The lowest BCUT2D eigenvalue weighted by atomic mass is 10.1. The second-order valence-corrected chi connectivity index (χ2v) is 3.56. The molecule has 0 aromatic heterocycles. The van der Waals surface area contributed by atoms with Gasteiger partial charge in [0, 0.05) is 18.7 Å². The molecule has 1 N–H and O–H groups in total. The summed E-state index contributed by atoms with van der Waals surface area (Å²) in [5.74, 6) is -0.180. The third-order valence-electron chi connectivity index (χ3n) is 2.12. The smallest absolute Gasteiger partial charge is 0.127 e.